The van der Waals surface area contributed by atoms with Crippen LogP contribution in [0.4, 0.5) is 0 Å². The molecule has 0 amide bonds. The molecule has 1 unspecified atom stereocenters. The summed E-state index contributed by atoms with van der Waals surface area (Å²) in [5.74, 6) is 0.815. The third-order valence-corrected chi connectivity index (χ3v) is 4.30. The van der Waals surface area contributed by atoms with Crippen molar-refractivity contribution in [1.29, 1.82) is 0 Å². The number of rotatable bonds is 3. The third kappa shape index (κ3) is 11.1. The van der Waals surface area contributed by atoms with E-state index < -0.39 is 0 Å². The second kappa shape index (κ2) is 15.3. The molecule has 1 fully saturated rings. The Morgan fingerprint density at radius 2 is 2.07 bits per heavy atom. The lowest BCUT2D eigenvalue weighted by Crippen LogP contribution is -2.11. The Kier molecular flexibility index (Phi) is 12.9. The SMILES string of the molecule is CNCc1cnsc1.Cc1ccc(-c2cnco2)cc1.O=CO.OC1CCNC1. The number of hydrogen-bond donors (Lipinski definition) is 4. The maximum atomic E-state index is 8.67. The Labute approximate surface area is 174 Å². The molecule has 158 valence electrons. The van der Waals surface area contributed by atoms with Crippen molar-refractivity contribution in [3.8, 4) is 11.3 Å². The van der Waals surface area contributed by atoms with Crippen molar-refractivity contribution >= 4 is 18.0 Å². The maximum absolute atomic E-state index is 8.67. The molecule has 8 nitrogen and oxygen atoms in total. The summed E-state index contributed by atoms with van der Waals surface area (Å²) in [7, 11) is 1.93. The van der Waals surface area contributed by atoms with E-state index in [-0.39, 0.29) is 12.6 Å². The Balaban J connectivity index is 0.000000215. The zero-order chi connectivity index (χ0) is 21.3. The number of nitrogens with one attached hydrogen (secondary N) is 2. The number of aryl methyl sites for hydroxylation is 1. The molecule has 3 heterocycles. The van der Waals surface area contributed by atoms with Crippen molar-refractivity contribution < 1.29 is 19.4 Å². The van der Waals surface area contributed by atoms with Gasteiger partial charge in [0.1, 0.15) is 0 Å². The van der Waals surface area contributed by atoms with E-state index in [1.165, 1.54) is 29.1 Å². The van der Waals surface area contributed by atoms with E-state index in [1.54, 1.807) is 6.20 Å². The second-order valence-corrected chi connectivity index (χ2v) is 6.70. The van der Waals surface area contributed by atoms with Crippen LogP contribution in [-0.4, -0.2) is 52.3 Å². The number of benzene rings is 1. The van der Waals surface area contributed by atoms with Crippen LogP contribution in [0, 0.1) is 6.92 Å². The van der Waals surface area contributed by atoms with Gasteiger partial charge in [-0.2, -0.15) is 0 Å². The van der Waals surface area contributed by atoms with Crippen LogP contribution in [0.3, 0.4) is 0 Å². The van der Waals surface area contributed by atoms with Crippen LogP contribution in [0.1, 0.15) is 17.5 Å². The van der Waals surface area contributed by atoms with Gasteiger partial charge < -0.3 is 25.3 Å². The summed E-state index contributed by atoms with van der Waals surface area (Å²) in [5.41, 5.74) is 3.58. The zero-order valence-corrected chi connectivity index (χ0v) is 17.4. The molecule has 4 N–H and O–H groups in total. The van der Waals surface area contributed by atoms with Crippen LogP contribution >= 0.6 is 11.5 Å². The molecule has 9 heteroatoms. The number of carbonyl (C=O) groups is 1. The van der Waals surface area contributed by atoms with Crippen molar-refractivity contribution in [3.05, 3.63) is 59.6 Å². The minimum Gasteiger partial charge on any atom is -0.483 e. The number of nitrogens with zero attached hydrogens (tertiary/aromatic N) is 2. The predicted octanol–water partition coefficient (Wildman–Crippen LogP) is 2.55. The molecular weight excluding hydrogens is 392 g/mol. The second-order valence-electron chi connectivity index (χ2n) is 6.05. The molecule has 3 aromatic rings. The lowest BCUT2D eigenvalue weighted by molar-refractivity contribution is -0.122. The molecule has 29 heavy (non-hydrogen) atoms. The molecule has 0 spiro atoms. The third-order valence-electron chi connectivity index (χ3n) is 3.67. The first-order valence-corrected chi connectivity index (χ1v) is 9.89. The van der Waals surface area contributed by atoms with Crippen LogP contribution in [0.25, 0.3) is 11.3 Å². The predicted molar refractivity (Wildman–Crippen MR) is 114 cm³/mol. The highest BCUT2D eigenvalue weighted by Crippen LogP contribution is 2.18. The molecule has 4 rings (SSSR count). The first kappa shape index (κ1) is 24.4. The molecule has 2 aromatic heterocycles. The van der Waals surface area contributed by atoms with Gasteiger partial charge in [-0.05, 0) is 44.0 Å². The molecule has 1 aromatic carbocycles. The van der Waals surface area contributed by atoms with Gasteiger partial charge in [0, 0.05) is 30.2 Å². The van der Waals surface area contributed by atoms with Crippen molar-refractivity contribution in [3.63, 3.8) is 0 Å². The molecule has 0 radical (unpaired) electrons. The summed E-state index contributed by atoms with van der Waals surface area (Å²) in [5, 5.41) is 23.7. The number of hydrogen-bond acceptors (Lipinski definition) is 8. The van der Waals surface area contributed by atoms with Gasteiger partial charge in [-0.25, -0.2) is 9.36 Å². The first-order chi connectivity index (χ1) is 14.1. The Bertz CT molecular complexity index is 743. The van der Waals surface area contributed by atoms with Gasteiger partial charge in [-0.1, -0.05) is 29.8 Å². The van der Waals surface area contributed by atoms with Crippen molar-refractivity contribution in [2.24, 2.45) is 0 Å². The largest absolute Gasteiger partial charge is 0.483 e. The Hall–Kier alpha value is -2.59. The average molecular weight is 421 g/mol. The standard InChI is InChI=1S/C10H9NO.C5H8N2S.C4H9NO.CH2O2/c1-8-2-4-9(5-3-8)10-6-11-7-12-10;1-6-2-5-3-7-8-4-5;6-4-1-2-5-3-4;2-1-3/h2-7H,1H3;3-4,6H,2H2,1H3;4-6H,1-3H2;1H,(H,2,3). The number of carboxylic acid groups (broad SMARTS) is 1. The fraction of sp³-hybridized carbons (Fsp3) is 0.350. The lowest BCUT2D eigenvalue weighted by atomic mass is 10.1. The van der Waals surface area contributed by atoms with Gasteiger partial charge in [0.05, 0.1) is 12.3 Å². The van der Waals surface area contributed by atoms with E-state index in [0.717, 1.165) is 37.4 Å². The number of aliphatic hydroxyl groups excluding tert-OH is 1. The van der Waals surface area contributed by atoms with Gasteiger partial charge in [0.2, 0.25) is 0 Å². The van der Waals surface area contributed by atoms with Crippen LogP contribution in [-0.2, 0) is 11.3 Å². The molecule has 1 aliphatic heterocycles. The minimum atomic E-state index is -0.250. The fourth-order valence-electron chi connectivity index (χ4n) is 2.23. The molecule has 1 saturated heterocycles. The van der Waals surface area contributed by atoms with Gasteiger partial charge in [-0.3, -0.25) is 4.79 Å². The van der Waals surface area contributed by atoms with Gasteiger partial charge in [-0.15, -0.1) is 0 Å². The molecular formula is C20H28N4O4S. The minimum absolute atomic E-state index is 0.0648. The summed E-state index contributed by atoms with van der Waals surface area (Å²) in [6.07, 6.45) is 5.89. The number of aromatic nitrogens is 2. The van der Waals surface area contributed by atoms with Crippen molar-refractivity contribution in [2.45, 2.75) is 26.0 Å². The highest BCUT2D eigenvalue weighted by atomic mass is 32.1. The number of β-amino-alcohol motifs (C(OH)–C–C–N with tert-alkyl or cyclic N) is 1. The van der Waals surface area contributed by atoms with E-state index >= 15 is 0 Å². The van der Waals surface area contributed by atoms with Crippen LogP contribution in [0.2, 0.25) is 0 Å². The zero-order valence-electron chi connectivity index (χ0n) is 16.6. The molecule has 0 aliphatic carbocycles. The van der Waals surface area contributed by atoms with E-state index in [2.05, 4.69) is 39.0 Å². The summed E-state index contributed by atoms with van der Waals surface area (Å²) in [6.45, 7) is 4.52. The van der Waals surface area contributed by atoms with Gasteiger partial charge in [0.15, 0.2) is 12.2 Å². The normalized spacial score (nSPS) is 14.4. The maximum Gasteiger partial charge on any atom is 0.290 e. The highest BCUT2D eigenvalue weighted by Gasteiger charge is 2.08. The quantitative estimate of drug-likeness (QED) is 0.477. The molecule has 0 saturated carbocycles. The fourth-order valence-corrected chi connectivity index (χ4v) is 2.77. The van der Waals surface area contributed by atoms with Crippen molar-refractivity contribution in [1.82, 2.24) is 20.0 Å². The Morgan fingerprint density at radius 1 is 1.34 bits per heavy atom. The first-order valence-electron chi connectivity index (χ1n) is 9.05. The van der Waals surface area contributed by atoms with Crippen LogP contribution < -0.4 is 10.6 Å². The Morgan fingerprint density at radius 3 is 2.48 bits per heavy atom. The molecule has 1 atom stereocenters. The van der Waals surface area contributed by atoms with E-state index in [1.807, 2.05) is 30.8 Å². The lowest BCUT2D eigenvalue weighted by Gasteiger charge is -1.95. The van der Waals surface area contributed by atoms with Crippen molar-refractivity contribution in [2.75, 3.05) is 20.1 Å². The summed E-state index contributed by atoms with van der Waals surface area (Å²) >= 11 is 1.49. The van der Waals surface area contributed by atoms with E-state index in [4.69, 9.17) is 19.4 Å². The molecule has 1 aliphatic rings. The van der Waals surface area contributed by atoms with Gasteiger partial charge >= 0.3 is 0 Å². The summed E-state index contributed by atoms with van der Waals surface area (Å²) in [4.78, 5) is 12.2. The van der Waals surface area contributed by atoms with Crippen LogP contribution in [0.15, 0.2) is 52.9 Å². The van der Waals surface area contributed by atoms with E-state index in [0.29, 0.717) is 0 Å². The van der Waals surface area contributed by atoms with Crippen LogP contribution in [0.5, 0.6) is 0 Å². The number of aliphatic hydroxyl groups is 1. The summed E-state index contributed by atoms with van der Waals surface area (Å²) in [6, 6.07) is 8.15. The molecule has 0 bridgehead atoms. The number of oxazole rings is 1. The monoisotopic (exact) mass is 420 g/mol. The van der Waals surface area contributed by atoms with Gasteiger partial charge in [0.25, 0.3) is 6.47 Å². The smallest absolute Gasteiger partial charge is 0.290 e. The summed E-state index contributed by atoms with van der Waals surface area (Å²) < 4.78 is 9.09. The van der Waals surface area contributed by atoms with E-state index in [9.17, 15) is 0 Å². The topological polar surface area (TPSA) is 121 Å². The highest BCUT2D eigenvalue weighted by molar-refractivity contribution is 7.03. The average Bonchev–Trinajstić information content (AvgIpc) is 3.48.